The molecule has 3 rings (SSSR count). The SMILES string of the molecule is COc1ccc([C@@H]2C[C@@H](C(F)(F)F)n3nc(C(N)=O)c(Cl)c3N2)cc1OC. The third-order valence-corrected chi connectivity index (χ3v) is 4.70. The molecule has 0 unspecified atom stereocenters. The van der Waals surface area contributed by atoms with E-state index in [4.69, 9.17) is 26.8 Å². The monoisotopic (exact) mass is 404 g/mol. The first-order valence-corrected chi connectivity index (χ1v) is 8.18. The van der Waals surface area contributed by atoms with Crippen LogP contribution >= 0.6 is 11.6 Å². The highest BCUT2D eigenvalue weighted by molar-refractivity contribution is 6.36. The number of amides is 1. The Kier molecular flexibility index (Phi) is 4.85. The quantitative estimate of drug-likeness (QED) is 0.815. The van der Waals surface area contributed by atoms with Crippen LogP contribution in [0.15, 0.2) is 18.2 Å². The van der Waals surface area contributed by atoms with Crippen LogP contribution < -0.4 is 20.5 Å². The first-order chi connectivity index (χ1) is 12.7. The van der Waals surface area contributed by atoms with Crippen molar-refractivity contribution in [1.82, 2.24) is 9.78 Å². The molecule has 1 amide bonds. The Morgan fingerprint density at radius 1 is 1.33 bits per heavy atom. The molecule has 0 spiro atoms. The summed E-state index contributed by atoms with van der Waals surface area (Å²) in [6.45, 7) is 0. The third-order valence-electron chi connectivity index (χ3n) is 4.34. The standard InChI is InChI=1S/C16H16ClF3N4O3/c1-26-9-4-3-7(5-10(9)27-2)8-6-11(16(18,19)20)24-15(22-8)12(17)13(23-24)14(21)25/h3-5,8,11,22H,6H2,1-2H3,(H2,21,25)/t8-,11-/m0/s1. The number of carbonyl (C=O) groups is 1. The molecular weight excluding hydrogens is 389 g/mol. The van der Waals surface area contributed by atoms with Crippen LogP contribution in [0.4, 0.5) is 19.0 Å². The largest absolute Gasteiger partial charge is 0.493 e. The molecular formula is C16H16ClF3N4O3. The fraction of sp³-hybridized carbons (Fsp3) is 0.375. The number of anilines is 1. The summed E-state index contributed by atoms with van der Waals surface area (Å²) in [5.41, 5.74) is 5.28. The van der Waals surface area contributed by atoms with E-state index >= 15 is 0 Å². The van der Waals surface area contributed by atoms with E-state index in [0.717, 1.165) is 0 Å². The Balaban J connectivity index is 2.07. The predicted octanol–water partition coefficient (Wildman–Crippen LogP) is 3.31. The lowest BCUT2D eigenvalue weighted by Crippen LogP contribution is -2.35. The van der Waals surface area contributed by atoms with Gasteiger partial charge in [0.05, 0.1) is 20.3 Å². The summed E-state index contributed by atoms with van der Waals surface area (Å²) in [5, 5.41) is 6.33. The highest BCUT2D eigenvalue weighted by atomic mass is 35.5. The lowest BCUT2D eigenvalue weighted by Gasteiger charge is -2.33. The molecule has 0 bridgehead atoms. The number of benzene rings is 1. The Bertz CT molecular complexity index is 885. The molecule has 1 aromatic carbocycles. The number of rotatable bonds is 4. The van der Waals surface area contributed by atoms with E-state index in [9.17, 15) is 18.0 Å². The van der Waals surface area contributed by atoms with Gasteiger partial charge in [-0.25, -0.2) is 4.68 Å². The van der Waals surface area contributed by atoms with Crippen LogP contribution in [0.5, 0.6) is 11.5 Å². The van der Waals surface area contributed by atoms with Gasteiger partial charge in [-0.2, -0.15) is 18.3 Å². The first kappa shape index (κ1) is 19.2. The molecule has 2 heterocycles. The number of nitrogens with two attached hydrogens (primary N) is 1. The van der Waals surface area contributed by atoms with Crippen molar-refractivity contribution in [3.8, 4) is 11.5 Å². The van der Waals surface area contributed by atoms with Gasteiger partial charge in [-0.05, 0) is 17.7 Å². The third kappa shape index (κ3) is 3.36. The second-order valence-electron chi connectivity index (χ2n) is 5.92. The smallest absolute Gasteiger partial charge is 0.410 e. The van der Waals surface area contributed by atoms with Crippen molar-refractivity contribution >= 4 is 23.3 Å². The van der Waals surface area contributed by atoms with E-state index in [2.05, 4.69) is 10.4 Å². The fourth-order valence-corrected chi connectivity index (χ4v) is 3.31. The maximum absolute atomic E-state index is 13.6. The number of hydrogen-bond donors (Lipinski definition) is 2. The minimum absolute atomic E-state index is 0.112. The van der Waals surface area contributed by atoms with E-state index in [1.54, 1.807) is 18.2 Å². The number of nitrogens with zero attached hydrogens (tertiary/aromatic N) is 2. The Labute approximate surface area is 157 Å². The van der Waals surface area contributed by atoms with Gasteiger partial charge in [-0.1, -0.05) is 17.7 Å². The van der Waals surface area contributed by atoms with E-state index in [1.807, 2.05) is 0 Å². The van der Waals surface area contributed by atoms with E-state index in [1.165, 1.54) is 14.2 Å². The van der Waals surface area contributed by atoms with Crippen LogP contribution in [-0.2, 0) is 0 Å². The van der Waals surface area contributed by atoms with Crippen LogP contribution in [0.2, 0.25) is 5.02 Å². The molecule has 7 nitrogen and oxygen atoms in total. The number of primary amides is 1. The lowest BCUT2D eigenvalue weighted by molar-refractivity contribution is -0.173. The molecule has 1 aromatic heterocycles. The van der Waals surface area contributed by atoms with Crippen LogP contribution in [-0.4, -0.2) is 36.1 Å². The zero-order chi connectivity index (χ0) is 19.9. The van der Waals surface area contributed by atoms with E-state index < -0.39 is 29.9 Å². The molecule has 1 aliphatic rings. The van der Waals surface area contributed by atoms with Crippen LogP contribution in [0.1, 0.15) is 34.6 Å². The van der Waals surface area contributed by atoms with Gasteiger partial charge < -0.3 is 20.5 Å². The van der Waals surface area contributed by atoms with E-state index in [-0.39, 0.29) is 17.3 Å². The molecule has 0 radical (unpaired) electrons. The molecule has 27 heavy (non-hydrogen) atoms. The van der Waals surface area contributed by atoms with Gasteiger partial charge in [0.1, 0.15) is 10.8 Å². The van der Waals surface area contributed by atoms with Gasteiger partial charge in [0.25, 0.3) is 5.91 Å². The van der Waals surface area contributed by atoms with Crippen LogP contribution in [0.25, 0.3) is 0 Å². The second-order valence-corrected chi connectivity index (χ2v) is 6.30. The number of carbonyl (C=O) groups excluding carboxylic acids is 1. The maximum Gasteiger partial charge on any atom is 0.410 e. The predicted molar refractivity (Wildman–Crippen MR) is 91.4 cm³/mol. The summed E-state index contributed by atoms with van der Waals surface area (Å²) in [7, 11) is 2.89. The second kappa shape index (κ2) is 6.84. The highest BCUT2D eigenvalue weighted by Gasteiger charge is 2.47. The Morgan fingerprint density at radius 2 is 2.00 bits per heavy atom. The number of alkyl halides is 3. The van der Waals surface area contributed by atoms with Crippen molar-refractivity contribution in [2.45, 2.75) is 24.7 Å². The molecule has 0 saturated heterocycles. The van der Waals surface area contributed by atoms with Gasteiger partial charge in [0.2, 0.25) is 0 Å². The van der Waals surface area contributed by atoms with Crippen molar-refractivity contribution in [1.29, 1.82) is 0 Å². The maximum atomic E-state index is 13.6. The highest BCUT2D eigenvalue weighted by Crippen LogP contribution is 2.46. The van der Waals surface area contributed by atoms with Crippen molar-refractivity contribution in [3.63, 3.8) is 0 Å². The average Bonchev–Trinajstić information content (AvgIpc) is 2.96. The fourth-order valence-electron chi connectivity index (χ4n) is 3.04. The number of nitrogens with one attached hydrogen (secondary N) is 1. The number of aromatic nitrogens is 2. The Morgan fingerprint density at radius 3 is 2.56 bits per heavy atom. The summed E-state index contributed by atoms with van der Waals surface area (Å²) < 4.78 is 51.9. The van der Waals surface area contributed by atoms with Crippen molar-refractivity contribution < 1.29 is 27.4 Å². The molecule has 0 fully saturated rings. The van der Waals surface area contributed by atoms with E-state index in [0.29, 0.717) is 21.7 Å². The summed E-state index contributed by atoms with van der Waals surface area (Å²) in [4.78, 5) is 11.4. The van der Waals surface area contributed by atoms with Gasteiger partial charge in [-0.3, -0.25) is 4.79 Å². The van der Waals surface area contributed by atoms with Gasteiger partial charge in [0.15, 0.2) is 23.2 Å². The number of fused-ring (bicyclic) bond motifs is 1. The lowest BCUT2D eigenvalue weighted by atomic mass is 9.96. The minimum atomic E-state index is -4.60. The van der Waals surface area contributed by atoms with Gasteiger partial charge >= 0.3 is 6.18 Å². The Hall–Kier alpha value is -2.62. The number of hydrogen-bond acceptors (Lipinski definition) is 5. The van der Waals surface area contributed by atoms with Crippen LogP contribution in [0.3, 0.4) is 0 Å². The summed E-state index contributed by atoms with van der Waals surface area (Å²) >= 11 is 6.05. The molecule has 0 aliphatic carbocycles. The molecule has 2 atom stereocenters. The molecule has 2 aromatic rings. The topological polar surface area (TPSA) is 91.4 Å². The summed E-state index contributed by atoms with van der Waals surface area (Å²) in [6, 6.07) is 2.08. The average molecular weight is 405 g/mol. The van der Waals surface area contributed by atoms with Crippen molar-refractivity contribution in [2.24, 2.45) is 5.73 Å². The summed E-state index contributed by atoms with van der Waals surface area (Å²) in [5.74, 6) is -0.294. The molecule has 3 N–H and O–H groups in total. The number of halogens is 4. The number of methoxy groups -OCH3 is 2. The molecule has 11 heteroatoms. The van der Waals surface area contributed by atoms with Crippen molar-refractivity contribution in [3.05, 3.63) is 34.5 Å². The zero-order valence-electron chi connectivity index (χ0n) is 14.3. The minimum Gasteiger partial charge on any atom is -0.493 e. The molecule has 146 valence electrons. The van der Waals surface area contributed by atoms with Crippen molar-refractivity contribution in [2.75, 3.05) is 19.5 Å². The first-order valence-electron chi connectivity index (χ1n) is 7.80. The normalized spacial score (nSPS) is 19.2. The van der Waals surface area contributed by atoms with Gasteiger partial charge in [-0.15, -0.1) is 0 Å². The number of ether oxygens (including phenoxy) is 2. The zero-order valence-corrected chi connectivity index (χ0v) is 15.1. The molecule has 1 aliphatic heterocycles. The van der Waals surface area contributed by atoms with Crippen LogP contribution in [0, 0.1) is 0 Å². The van der Waals surface area contributed by atoms with Gasteiger partial charge in [0, 0.05) is 6.42 Å². The molecule has 0 saturated carbocycles. The summed E-state index contributed by atoms with van der Waals surface area (Å²) in [6.07, 6.45) is -4.96.